The van der Waals surface area contributed by atoms with E-state index in [1.165, 1.54) is 0 Å². The third-order valence-electron chi connectivity index (χ3n) is 3.47. The zero-order valence-electron chi connectivity index (χ0n) is 13.5. The number of rotatable bonds is 4. The van der Waals surface area contributed by atoms with Gasteiger partial charge in [-0.2, -0.15) is 0 Å². The monoisotopic (exact) mass is 398 g/mol. The van der Waals surface area contributed by atoms with Crippen LogP contribution in [0.5, 0.6) is 0 Å². The van der Waals surface area contributed by atoms with E-state index < -0.39 is 52.2 Å². The first-order valence-corrected chi connectivity index (χ1v) is 7.45. The Hall–Kier alpha value is -3.63. The molecule has 3 aromatic rings. The molecule has 3 rings (SSSR count). The molecule has 0 spiro atoms. The van der Waals surface area contributed by atoms with Crippen molar-refractivity contribution in [3.63, 3.8) is 0 Å². The Morgan fingerprint density at radius 1 is 0.714 bits per heavy atom. The number of carbonyl (C=O) groups excluding carboxylic acids is 1. The number of hydrogen-bond acceptors (Lipinski definition) is 4. The van der Waals surface area contributed by atoms with Crippen LogP contribution in [-0.2, 0) is 0 Å². The number of nitrogens with one attached hydrogen (secondary N) is 2. The Morgan fingerprint density at radius 3 is 1.86 bits per heavy atom. The second kappa shape index (κ2) is 7.55. The first-order chi connectivity index (χ1) is 13.3. The molecular formula is C17H8F6N4O. The van der Waals surface area contributed by atoms with E-state index >= 15 is 0 Å². The van der Waals surface area contributed by atoms with Crippen LogP contribution in [0.15, 0.2) is 36.7 Å². The van der Waals surface area contributed by atoms with Crippen LogP contribution in [0.4, 0.5) is 43.5 Å². The number of nitrogens with zero attached hydrogens (tertiary/aromatic N) is 2. The number of hydrogen-bond donors (Lipinski definition) is 2. The number of anilines is 3. The fourth-order valence-corrected chi connectivity index (χ4v) is 2.08. The molecule has 11 heteroatoms. The third kappa shape index (κ3) is 3.72. The van der Waals surface area contributed by atoms with Gasteiger partial charge in [-0.1, -0.05) is 0 Å². The van der Waals surface area contributed by atoms with Gasteiger partial charge in [0.05, 0.1) is 23.8 Å². The summed E-state index contributed by atoms with van der Waals surface area (Å²) in [6.45, 7) is 0. The molecule has 0 saturated carbocycles. The van der Waals surface area contributed by atoms with Crippen molar-refractivity contribution in [2.75, 3.05) is 10.6 Å². The number of carbonyl (C=O) groups is 1. The molecule has 1 aromatic heterocycles. The van der Waals surface area contributed by atoms with Gasteiger partial charge >= 0.3 is 0 Å². The minimum absolute atomic E-state index is 0.111. The Bertz CT molecular complexity index is 1060. The molecule has 5 nitrogen and oxygen atoms in total. The van der Waals surface area contributed by atoms with Crippen molar-refractivity contribution in [3.8, 4) is 0 Å². The number of halogens is 6. The minimum Gasteiger partial charge on any atom is -0.336 e. The number of benzene rings is 2. The molecular weight excluding hydrogens is 390 g/mol. The summed E-state index contributed by atoms with van der Waals surface area (Å²) in [5, 5.41) is 4.33. The van der Waals surface area contributed by atoms with Crippen molar-refractivity contribution in [2.24, 2.45) is 0 Å². The first-order valence-electron chi connectivity index (χ1n) is 7.45. The van der Waals surface area contributed by atoms with E-state index in [0.717, 1.165) is 24.5 Å². The second-order valence-electron chi connectivity index (χ2n) is 5.31. The predicted molar refractivity (Wildman–Crippen MR) is 85.9 cm³/mol. The molecule has 0 aliphatic carbocycles. The average Bonchev–Trinajstić information content (AvgIpc) is 2.69. The van der Waals surface area contributed by atoms with Gasteiger partial charge in [0.25, 0.3) is 5.91 Å². The molecule has 28 heavy (non-hydrogen) atoms. The zero-order valence-corrected chi connectivity index (χ0v) is 13.5. The SMILES string of the molecule is O=C(Nc1ccc(F)c(F)c1F)c1cnc(Nc2ccc(F)c(F)c2F)cn1. The van der Waals surface area contributed by atoms with Crippen molar-refractivity contribution >= 4 is 23.1 Å². The van der Waals surface area contributed by atoms with Crippen LogP contribution >= 0.6 is 0 Å². The molecule has 0 unspecified atom stereocenters. The lowest BCUT2D eigenvalue weighted by atomic mass is 10.2. The Morgan fingerprint density at radius 2 is 1.29 bits per heavy atom. The standard InChI is InChI=1S/C17H8F6N4O/c18-7-1-3-9(15(22)13(7)20)26-12-6-24-11(5-25-12)17(28)27-10-4-2-8(19)14(21)16(10)23/h1-6H,(H,25,26)(H,27,28). The summed E-state index contributed by atoms with van der Waals surface area (Å²) in [6, 6.07) is 3.08. The van der Waals surface area contributed by atoms with E-state index in [1.54, 1.807) is 0 Å². The number of aromatic nitrogens is 2. The number of amides is 1. The van der Waals surface area contributed by atoms with E-state index in [9.17, 15) is 31.1 Å². The average molecular weight is 398 g/mol. The molecule has 1 amide bonds. The Labute approximate surface area is 153 Å². The van der Waals surface area contributed by atoms with Crippen LogP contribution < -0.4 is 10.6 Å². The van der Waals surface area contributed by atoms with E-state index in [1.807, 2.05) is 5.32 Å². The van der Waals surface area contributed by atoms with Crippen molar-refractivity contribution < 1.29 is 31.1 Å². The highest BCUT2D eigenvalue weighted by Crippen LogP contribution is 2.23. The van der Waals surface area contributed by atoms with Crippen LogP contribution in [0.1, 0.15) is 10.5 Å². The summed E-state index contributed by atoms with van der Waals surface area (Å²) in [6.07, 6.45) is 1.88. The highest BCUT2D eigenvalue weighted by Gasteiger charge is 2.17. The molecule has 2 aromatic carbocycles. The highest BCUT2D eigenvalue weighted by atomic mass is 19.2. The van der Waals surface area contributed by atoms with Crippen LogP contribution in [0.25, 0.3) is 0 Å². The summed E-state index contributed by atoms with van der Waals surface area (Å²) >= 11 is 0. The van der Waals surface area contributed by atoms with E-state index in [2.05, 4.69) is 15.3 Å². The first kappa shape index (κ1) is 19.1. The smallest absolute Gasteiger partial charge is 0.275 e. The third-order valence-corrected chi connectivity index (χ3v) is 3.47. The molecule has 2 N–H and O–H groups in total. The van der Waals surface area contributed by atoms with Gasteiger partial charge in [0, 0.05) is 0 Å². The molecule has 1 heterocycles. The predicted octanol–water partition coefficient (Wildman–Crippen LogP) is 4.31. The molecule has 0 saturated heterocycles. The summed E-state index contributed by atoms with van der Waals surface area (Å²) in [5.74, 6) is -10.4. The van der Waals surface area contributed by atoms with Crippen molar-refractivity contribution in [3.05, 3.63) is 77.3 Å². The zero-order chi connectivity index (χ0) is 20.4. The fraction of sp³-hybridized carbons (Fsp3) is 0. The van der Waals surface area contributed by atoms with Crippen molar-refractivity contribution in [1.29, 1.82) is 0 Å². The molecule has 0 aliphatic heterocycles. The summed E-state index contributed by atoms with van der Waals surface area (Å²) < 4.78 is 79.4. The lowest BCUT2D eigenvalue weighted by Crippen LogP contribution is -2.16. The fourth-order valence-electron chi connectivity index (χ4n) is 2.08. The van der Waals surface area contributed by atoms with Gasteiger partial charge in [-0.25, -0.2) is 36.3 Å². The van der Waals surface area contributed by atoms with Gasteiger partial charge < -0.3 is 10.6 Å². The van der Waals surface area contributed by atoms with E-state index in [0.29, 0.717) is 12.1 Å². The van der Waals surface area contributed by atoms with Gasteiger partial charge in [-0.05, 0) is 24.3 Å². The van der Waals surface area contributed by atoms with Crippen LogP contribution in [0, 0.1) is 34.9 Å². The lowest BCUT2D eigenvalue weighted by Gasteiger charge is -2.09. The minimum atomic E-state index is -1.75. The maximum atomic E-state index is 13.6. The summed E-state index contributed by atoms with van der Waals surface area (Å²) in [7, 11) is 0. The summed E-state index contributed by atoms with van der Waals surface area (Å²) in [4.78, 5) is 19.4. The van der Waals surface area contributed by atoms with Gasteiger partial charge in [-0.15, -0.1) is 0 Å². The Kier molecular flexibility index (Phi) is 5.16. The largest absolute Gasteiger partial charge is 0.336 e. The van der Waals surface area contributed by atoms with E-state index in [-0.39, 0.29) is 11.5 Å². The summed E-state index contributed by atoms with van der Waals surface area (Å²) in [5.41, 5.74) is -1.37. The van der Waals surface area contributed by atoms with E-state index in [4.69, 9.17) is 0 Å². The highest BCUT2D eigenvalue weighted by molar-refractivity contribution is 6.02. The maximum Gasteiger partial charge on any atom is 0.275 e. The molecule has 144 valence electrons. The van der Waals surface area contributed by atoms with Gasteiger partial charge in [0.2, 0.25) is 0 Å². The quantitative estimate of drug-likeness (QED) is 0.508. The van der Waals surface area contributed by atoms with Crippen LogP contribution in [0.3, 0.4) is 0 Å². The van der Waals surface area contributed by atoms with Gasteiger partial charge in [-0.3, -0.25) is 4.79 Å². The van der Waals surface area contributed by atoms with Crippen molar-refractivity contribution in [1.82, 2.24) is 9.97 Å². The lowest BCUT2D eigenvalue weighted by molar-refractivity contribution is 0.102. The van der Waals surface area contributed by atoms with Gasteiger partial charge in [0.15, 0.2) is 34.9 Å². The Balaban J connectivity index is 1.75. The second-order valence-corrected chi connectivity index (χ2v) is 5.31. The molecule has 0 aliphatic rings. The molecule has 0 atom stereocenters. The van der Waals surface area contributed by atoms with Crippen molar-refractivity contribution in [2.45, 2.75) is 0 Å². The van der Waals surface area contributed by atoms with Crippen LogP contribution in [0.2, 0.25) is 0 Å². The maximum absolute atomic E-state index is 13.6. The molecule has 0 fully saturated rings. The molecule has 0 bridgehead atoms. The van der Waals surface area contributed by atoms with Gasteiger partial charge in [0.1, 0.15) is 11.5 Å². The normalized spacial score (nSPS) is 10.6. The van der Waals surface area contributed by atoms with Crippen LogP contribution in [-0.4, -0.2) is 15.9 Å². The molecule has 0 radical (unpaired) electrons. The topological polar surface area (TPSA) is 66.9 Å².